The molecule has 1 aliphatic rings. The predicted molar refractivity (Wildman–Crippen MR) is 97.0 cm³/mol. The molecule has 4 rings (SSSR count). The number of amides is 1. The Kier molecular flexibility index (Phi) is 4.21. The minimum absolute atomic E-state index is 0.0434. The minimum atomic E-state index is -4.51. The Morgan fingerprint density at radius 2 is 2.00 bits per heavy atom. The molecule has 1 amide bonds. The van der Waals surface area contributed by atoms with Gasteiger partial charge in [0.2, 0.25) is 5.91 Å². The van der Waals surface area contributed by atoms with E-state index in [1.54, 1.807) is 35.3 Å². The van der Waals surface area contributed by atoms with Crippen molar-refractivity contribution in [1.29, 1.82) is 0 Å². The van der Waals surface area contributed by atoms with Crippen molar-refractivity contribution in [3.63, 3.8) is 0 Å². The number of anilines is 1. The van der Waals surface area contributed by atoms with Gasteiger partial charge in [-0.2, -0.15) is 13.2 Å². The second-order valence-electron chi connectivity index (χ2n) is 6.36. The van der Waals surface area contributed by atoms with Crippen molar-refractivity contribution >= 4 is 23.0 Å². The Balaban J connectivity index is 1.80. The van der Waals surface area contributed by atoms with Crippen molar-refractivity contribution in [2.45, 2.75) is 19.5 Å². The summed E-state index contributed by atoms with van der Waals surface area (Å²) in [5, 5.41) is 10.2. The molecule has 142 valence electrons. The summed E-state index contributed by atoms with van der Waals surface area (Å²) >= 11 is 0. The van der Waals surface area contributed by atoms with Crippen LogP contribution in [0.2, 0.25) is 0 Å². The van der Waals surface area contributed by atoms with Gasteiger partial charge in [-0.3, -0.25) is 9.79 Å². The Morgan fingerprint density at radius 1 is 1.18 bits per heavy atom. The summed E-state index contributed by atoms with van der Waals surface area (Å²) in [6, 6.07) is 9.46. The van der Waals surface area contributed by atoms with Gasteiger partial charge in [-0.1, -0.05) is 17.3 Å². The Labute approximate surface area is 157 Å². The van der Waals surface area contributed by atoms with Crippen molar-refractivity contribution < 1.29 is 18.0 Å². The first kappa shape index (κ1) is 17.9. The molecule has 0 saturated carbocycles. The van der Waals surface area contributed by atoms with Crippen LogP contribution in [0.15, 0.2) is 53.8 Å². The summed E-state index contributed by atoms with van der Waals surface area (Å²) in [7, 11) is 0. The highest BCUT2D eigenvalue weighted by atomic mass is 19.4. The maximum absolute atomic E-state index is 13.2. The molecule has 9 heteroatoms. The van der Waals surface area contributed by atoms with Crippen LogP contribution < -0.4 is 5.32 Å². The van der Waals surface area contributed by atoms with Crippen molar-refractivity contribution in [2.24, 2.45) is 4.99 Å². The van der Waals surface area contributed by atoms with E-state index in [1.165, 1.54) is 13.0 Å². The van der Waals surface area contributed by atoms with Gasteiger partial charge < -0.3 is 5.32 Å². The smallest absolute Gasteiger partial charge is 0.324 e. The first-order valence-electron chi connectivity index (χ1n) is 8.37. The van der Waals surface area contributed by atoms with Crippen LogP contribution in [-0.4, -0.2) is 26.6 Å². The number of nitrogens with zero attached hydrogens (tertiary/aromatic N) is 4. The van der Waals surface area contributed by atoms with Gasteiger partial charge in [0, 0.05) is 0 Å². The summed E-state index contributed by atoms with van der Waals surface area (Å²) in [5.74, 6) is -0.430. The predicted octanol–water partition coefficient (Wildman–Crippen LogP) is 4.06. The van der Waals surface area contributed by atoms with Gasteiger partial charge in [0.05, 0.1) is 47.2 Å². The Morgan fingerprint density at radius 3 is 2.71 bits per heavy atom. The van der Waals surface area contributed by atoms with Gasteiger partial charge in [-0.05, 0) is 42.3 Å². The van der Waals surface area contributed by atoms with Gasteiger partial charge in [0.15, 0.2) is 0 Å². The molecular weight excluding hydrogens is 371 g/mol. The number of fused-ring (bicyclic) bond motifs is 1. The second-order valence-corrected chi connectivity index (χ2v) is 6.36. The van der Waals surface area contributed by atoms with Crippen LogP contribution in [0.3, 0.4) is 0 Å². The number of carbonyl (C=O) groups is 1. The van der Waals surface area contributed by atoms with Crippen molar-refractivity contribution in [1.82, 2.24) is 15.0 Å². The maximum atomic E-state index is 13.2. The van der Waals surface area contributed by atoms with E-state index in [2.05, 4.69) is 20.6 Å². The molecule has 0 atom stereocenters. The lowest BCUT2D eigenvalue weighted by atomic mass is 10.1. The van der Waals surface area contributed by atoms with E-state index < -0.39 is 17.6 Å². The van der Waals surface area contributed by atoms with Crippen LogP contribution in [-0.2, 0) is 11.0 Å². The van der Waals surface area contributed by atoms with Crippen LogP contribution in [0.5, 0.6) is 0 Å². The first-order chi connectivity index (χ1) is 13.3. The van der Waals surface area contributed by atoms with Crippen molar-refractivity contribution in [3.05, 3.63) is 65.5 Å². The molecule has 2 heterocycles. The number of aromatic nitrogens is 3. The van der Waals surface area contributed by atoms with E-state index in [-0.39, 0.29) is 23.4 Å². The van der Waals surface area contributed by atoms with Crippen LogP contribution in [0.1, 0.15) is 23.1 Å². The van der Waals surface area contributed by atoms with Gasteiger partial charge in [-0.25, -0.2) is 4.68 Å². The topological polar surface area (TPSA) is 72.2 Å². The zero-order valence-electron chi connectivity index (χ0n) is 14.7. The van der Waals surface area contributed by atoms with E-state index in [0.29, 0.717) is 11.3 Å². The summed E-state index contributed by atoms with van der Waals surface area (Å²) in [6.07, 6.45) is -1.34. The fourth-order valence-electron chi connectivity index (χ4n) is 3.06. The number of aryl methyl sites for hydroxylation is 1. The molecule has 0 bridgehead atoms. The van der Waals surface area contributed by atoms with E-state index in [4.69, 9.17) is 0 Å². The van der Waals surface area contributed by atoms with Gasteiger partial charge in [0.25, 0.3) is 0 Å². The lowest BCUT2D eigenvalue weighted by Gasteiger charge is -2.13. The summed E-state index contributed by atoms with van der Waals surface area (Å²) in [6.45, 7) is 1.37. The normalized spacial score (nSPS) is 14.1. The average molecular weight is 385 g/mol. The molecule has 0 radical (unpaired) electrons. The third-order valence-electron chi connectivity index (χ3n) is 4.37. The lowest BCUT2D eigenvalue weighted by molar-refractivity contribution is -0.138. The zero-order chi connectivity index (χ0) is 19.9. The highest BCUT2D eigenvalue weighted by molar-refractivity contribution is 6.17. The maximum Gasteiger partial charge on any atom is 0.416 e. The van der Waals surface area contributed by atoms with Gasteiger partial charge in [0.1, 0.15) is 0 Å². The molecule has 2 aromatic carbocycles. The quantitative estimate of drug-likeness (QED) is 0.723. The average Bonchev–Trinajstić information content (AvgIpc) is 3.11. The SMILES string of the molecule is Cc1cc2c(cc1C(F)(F)F)NC(=O)CC(c1cccc(-n3ccnn3)c1)=N2. The van der Waals surface area contributed by atoms with E-state index in [0.717, 1.165) is 11.8 Å². The van der Waals surface area contributed by atoms with Gasteiger partial charge in [-0.15, -0.1) is 5.10 Å². The molecule has 0 fully saturated rings. The standard InChI is InChI=1S/C19H14F3N5O/c1-11-7-16-17(9-14(11)19(20,21)22)25-18(28)10-15(24-16)12-3-2-4-13(8-12)27-6-5-23-26-27/h2-9H,10H2,1H3,(H,25,28). The Hall–Kier alpha value is -3.49. The van der Waals surface area contributed by atoms with Crippen molar-refractivity contribution in [3.8, 4) is 5.69 Å². The highest BCUT2D eigenvalue weighted by Crippen LogP contribution is 2.39. The minimum Gasteiger partial charge on any atom is -0.324 e. The number of alkyl halides is 3. The summed E-state index contributed by atoms with van der Waals surface area (Å²) < 4.78 is 41.1. The lowest BCUT2D eigenvalue weighted by Crippen LogP contribution is -2.16. The third kappa shape index (κ3) is 3.38. The molecular formula is C19H14F3N5O. The molecule has 1 aromatic heterocycles. The zero-order valence-corrected chi connectivity index (χ0v) is 14.7. The molecule has 6 nitrogen and oxygen atoms in total. The molecule has 3 aromatic rings. The molecule has 0 unspecified atom stereocenters. The monoisotopic (exact) mass is 385 g/mol. The number of benzene rings is 2. The van der Waals surface area contributed by atoms with Crippen LogP contribution in [0, 0.1) is 6.92 Å². The van der Waals surface area contributed by atoms with E-state index >= 15 is 0 Å². The summed E-state index contributed by atoms with van der Waals surface area (Å²) in [5.41, 5.74) is 1.44. The molecule has 1 N–H and O–H groups in total. The largest absolute Gasteiger partial charge is 0.416 e. The fourth-order valence-corrected chi connectivity index (χ4v) is 3.06. The Bertz CT molecular complexity index is 1090. The summed E-state index contributed by atoms with van der Waals surface area (Å²) in [4.78, 5) is 16.8. The third-order valence-corrected chi connectivity index (χ3v) is 4.37. The molecule has 1 aliphatic heterocycles. The number of halogens is 3. The number of carbonyl (C=O) groups excluding carboxylic acids is 1. The second kappa shape index (κ2) is 6.59. The van der Waals surface area contributed by atoms with Crippen LogP contribution >= 0.6 is 0 Å². The van der Waals surface area contributed by atoms with E-state index in [1.807, 2.05) is 6.07 Å². The van der Waals surface area contributed by atoms with Gasteiger partial charge >= 0.3 is 6.18 Å². The molecule has 28 heavy (non-hydrogen) atoms. The number of rotatable bonds is 2. The van der Waals surface area contributed by atoms with E-state index in [9.17, 15) is 18.0 Å². The highest BCUT2D eigenvalue weighted by Gasteiger charge is 2.34. The van der Waals surface area contributed by atoms with Crippen molar-refractivity contribution in [2.75, 3.05) is 5.32 Å². The number of hydrogen-bond acceptors (Lipinski definition) is 4. The molecule has 0 aliphatic carbocycles. The van der Waals surface area contributed by atoms with Crippen LogP contribution in [0.25, 0.3) is 5.69 Å². The first-order valence-corrected chi connectivity index (χ1v) is 8.37. The van der Waals surface area contributed by atoms with Crippen LogP contribution in [0.4, 0.5) is 24.5 Å². The molecule has 0 saturated heterocycles. The number of nitrogens with one attached hydrogen (secondary N) is 1. The number of aliphatic imine (C=N–C) groups is 1. The molecule has 0 spiro atoms. The fraction of sp³-hybridized carbons (Fsp3) is 0.158. The number of hydrogen-bond donors (Lipinski definition) is 1.